The van der Waals surface area contributed by atoms with Crippen molar-refractivity contribution in [3.63, 3.8) is 0 Å². The highest BCUT2D eigenvalue weighted by atomic mass is 35.5. The number of nitrogens with zero attached hydrogens (tertiary/aromatic N) is 2. The zero-order chi connectivity index (χ0) is 22.3. The van der Waals surface area contributed by atoms with Crippen molar-refractivity contribution >= 4 is 50.3 Å². The number of rotatable bonds is 3. The summed E-state index contributed by atoms with van der Waals surface area (Å²) in [4.78, 5) is 16.3. The number of benzene rings is 2. The van der Waals surface area contributed by atoms with E-state index in [1.54, 1.807) is 34.1 Å². The smallest absolute Gasteiger partial charge is 0.267 e. The van der Waals surface area contributed by atoms with Gasteiger partial charge in [-0.1, -0.05) is 30.1 Å². The Bertz CT molecular complexity index is 1170. The lowest BCUT2D eigenvalue weighted by Crippen LogP contribution is -2.41. The molecule has 2 aromatic carbocycles. The zero-order valence-corrected chi connectivity index (χ0v) is 19.5. The van der Waals surface area contributed by atoms with E-state index in [4.69, 9.17) is 27.9 Å². The van der Waals surface area contributed by atoms with Crippen LogP contribution < -0.4 is 9.64 Å². The van der Waals surface area contributed by atoms with Gasteiger partial charge in [-0.15, -0.1) is 0 Å². The number of ether oxygens (including phenoxy) is 1. The van der Waals surface area contributed by atoms with Crippen LogP contribution in [-0.2, 0) is 14.6 Å². The van der Waals surface area contributed by atoms with Gasteiger partial charge in [0.1, 0.15) is 5.75 Å². The second-order valence-electron chi connectivity index (χ2n) is 7.77. The molecule has 1 saturated heterocycles. The molecule has 31 heavy (non-hydrogen) atoms. The van der Waals surface area contributed by atoms with E-state index in [2.05, 4.69) is 6.92 Å². The first-order valence-electron chi connectivity index (χ1n) is 9.91. The Kier molecular flexibility index (Phi) is 5.94. The largest absolute Gasteiger partial charge is 0.495 e. The standard InChI is InChI=1S/C22H22Cl2N2O4S/c1-14-7-9-25(10-8-14)22(27)21-13-26(16-4-5-19(30-2)17(24)12-16)18-11-15(23)3-6-20(18)31(21,28)29/h3-6,11-14H,7-10H2,1-2H3. The quantitative estimate of drug-likeness (QED) is 0.616. The van der Waals surface area contributed by atoms with Gasteiger partial charge in [-0.25, -0.2) is 8.42 Å². The summed E-state index contributed by atoms with van der Waals surface area (Å²) in [5.41, 5.74) is 0.944. The van der Waals surface area contributed by atoms with Gasteiger partial charge in [0.25, 0.3) is 5.91 Å². The summed E-state index contributed by atoms with van der Waals surface area (Å²) in [6, 6.07) is 9.59. The summed E-state index contributed by atoms with van der Waals surface area (Å²) in [6.45, 7) is 3.21. The normalized spacial score (nSPS) is 18.4. The molecule has 0 N–H and O–H groups in total. The van der Waals surface area contributed by atoms with Gasteiger partial charge in [0, 0.05) is 30.0 Å². The molecule has 2 heterocycles. The number of piperidine rings is 1. The Balaban J connectivity index is 1.84. The van der Waals surface area contributed by atoms with Crippen LogP contribution >= 0.6 is 23.2 Å². The molecule has 1 amide bonds. The maximum absolute atomic E-state index is 13.4. The second kappa shape index (κ2) is 8.37. The number of fused-ring (bicyclic) bond motifs is 1. The van der Waals surface area contributed by atoms with Crippen LogP contribution in [-0.4, -0.2) is 39.4 Å². The van der Waals surface area contributed by atoms with Crippen LogP contribution in [0.15, 0.2) is 52.4 Å². The number of anilines is 2. The first-order chi connectivity index (χ1) is 14.7. The highest BCUT2D eigenvalue weighted by Crippen LogP contribution is 2.43. The molecule has 1 fully saturated rings. The molecule has 0 unspecified atom stereocenters. The molecule has 4 rings (SSSR count). The predicted octanol–water partition coefficient (Wildman–Crippen LogP) is 5.03. The molecule has 2 aliphatic rings. The van der Waals surface area contributed by atoms with Gasteiger partial charge in [-0.3, -0.25) is 4.79 Å². The molecule has 0 radical (unpaired) electrons. The van der Waals surface area contributed by atoms with Gasteiger partial charge in [0.15, 0.2) is 4.91 Å². The number of hydrogen-bond donors (Lipinski definition) is 0. The molecule has 0 atom stereocenters. The molecule has 2 aromatic rings. The topological polar surface area (TPSA) is 66.9 Å². The van der Waals surface area contributed by atoms with Gasteiger partial charge in [0.2, 0.25) is 9.84 Å². The highest BCUT2D eigenvalue weighted by molar-refractivity contribution is 7.96. The van der Waals surface area contributed by atoms with Crippen LogP contribution in [0.25, 0.3) is 0 Å². The maximum Gasteiger partial charge on any atom is 0.267 e. The summed E-state index contributed by atoms with van der Waals surface area (Å²) in [7, 11) is -2.50. The number of carbonyl (C=O) groups excluding carboxylic acids is 1. The number of hydrogen-bond acceptors (Lipinski definition) is 5. The second-order valence-corrected chi connectivity index (χ2v) is 10.5. The molecule has 164 valence electrons. The summed E-state index contributed by atoms with van der Waals surface area (Å²) in [5, 5.41) is 0.745. The van der Waals surface area contributed by atoms with E-state index in [1.807, 2.05) is 0 Å². The number of methoxy groups -OCH3 is 1. The Labute approximate surface area is 191 Å². The van der Waals surface area contributed by atoms with E-state index in [0.29, 0.717) is 46.2 Å². The van der Waals surface area contributed by atoms with Gasteiger partial charge >= 0.3 is 0 Å². The molecule has 0 spiro atoms. The third-order valence-corrected chi connectivity index (χ3v) is 8.01. The first-order valence-corrected chi connectivity index (χ1v) is 12.1. The van der Waals surface area contributed by atoms with Crippen molar-refractivity contribution in [2.45, 2.75) is 24.7 Å². The van der Waals surface area contributed by atoms with Gasteiger partial charge in [-0.05, 0) is 55.2 Å². The van der Waals surface area contributed by atoms with Crippen molar-refractivity contribution in [2.75, 3.05) is 25.1 Å². The molecular formula is C22H22Cl2N2O4S. The molecular weight excluding hydrogens is 459 g/mol. The number of carbonyl (C=O) groups is 1. The van der Waals surface area contributed by atoms with Crippen molar-refractivity contribution < 1.29 is 17.9 Å². The fourth-order valence-corrected chi connectivity index (χ4v) is 5.78. The van der Waals surface area contributed by atoms with Crippen molar-refractivity contribution in [1.29, 1.82) is 0 Å². The van der Waals surface area contributed by atoms with Crippen LogP contribution in [0.5, 0.6) is 5.75 Å². The van der Waals surface area contributed by atoms with E-state index >= 15 is 0 Å². The Hall–Kier alpha value is -2.22. The van der Waals surface area contributed by atoms with Gasteiger partial charge in [-0.2, -0.15) is 0 Å². The lowest BCUT2D eigenvalue weighted by Gasteiger charge is -2.34. The Morgan fingerprint density at radius 1 is 1.10 bits per heavy atom. The van der Waals surface area contributed by atoms with Crippen LogP contribution in [0, 0.1) is 5.92 Å². The third-order valence-electron chi connectivity index (χ3n) is 5.70. The molecule has 6 nitrogen and oxygen atoms in total. The van der Waals surface area contributed by atoms with Crippen LogP contribution in [0.1, 0.15) is 19.8 Å². The zero-order valence-electron chi connectivity index (χ0n) is 17.1. The summed E-state index contributed by atoms with van der Waals surface area (Å²) in [6.07, 6.45) is 3.07. The Morgan fingerprint density at radius 2 is 1.81 bits per heavy atom. The summed E-state index contributed by atoms with van der Waals surface area (Å²) >= 11 is 12.5. The van der Waals surface area contributed by atoms with Crippen LogP contribution in [0.2, 0.25) is 10.0 Å². The minimum atomic E-state index is -4.01. The third kappa shape index (κ3) is 4.02. The number of halogens is 2. The van der Waals surface area contributed by atoms with Gasteiger partial charge < -0.3 is 14.5 Å². The van der Waals surface area contributed by atoms with Crippen molar-refractivity contribution in [2.24, 2.45) is 5.92 Å². The fourth-order valence-electron chi connectivity index (χ4n) is 3.84. The first kappa shape index (κ1) is 22.0. The van der Waals surface area contributed by atoms with E-state index in [9.17, 15) is 13.2 Å². The lowest BCUT2D eigenvalue weighted by atomic mass is 9.99. The number of likely N-dealkylation sites (tertiary alicyclic amines) is 1. The molecule has 0 saturated carbocycles. The fraction of sp³-hybridized carbons (Fsp3) is 0.318. The molecule has 0 aliphatic carbocycles. The summed E-state index contributed by atoms with van der Waals surface area (Å²) in [5.74, 6) is 0.517. The van der Waals surface area contributed by atoms with Crippen molar-refractivity contribution in [3.8, 4) is 5.75 Å². The van der Waals surface area contributed by atoms with E-state index in [-0.39, 0.29) is 9.80 Å². The average molecular weight is 481 g/mol. The minimum absolute atomic E-state index is 0.0278. The van der Waals surface area contributed by atoms with Gasteiger partial charge in [0.05, 0.1) is 22.7 Å². The summed E-state index contributed by atoms with van der Waals surface area (Å²) < 4.78 is 32.0. The van der Waals surface area contributed by atoms with Crippen LogP contribution in [0.3, 0.4) is 0 Å². The molecule has 9 heteroatoms. The predicted molar refractivity (Wildman–Crippen MR) is 122 cm³/mol. The molecule has 0 bridgehead atoms. The van der Waals surface area contributed by atoms with Crippen molar-refractivity contribution in [3.05, 3.63) is 57.5 Å². The highest BCUT2D eigenvalue weighted by Gasteiger charge is 2.38. The monoisotopic (exact) mass is 480 g/mol. The van der Waals surface area contributed by atoms with E-state index < -0.39 is 15.7 Å². The van der Waals surface area contributed by atoms with E-state index in [0.717, 1.165) is 12.8 Å². The van der Waals surface area contributed by atoms with Crippen LogP contribution in [0.4, 0.5) is 11.4 Å². The minimum Gasteiger partial charge on any atom is -0.495 e. The SMILES string of the molecule is COc1ccc(N2C=C(C(=O)N3CCC(C)CC3)S(=O)(=O)c3ccc(Cl)cc32)cc1Cl. The number of amides is 1. The molecule has 2 aliphatic heterocycles. The van der Waals surface area contributed by atoms with E-state index in [1.165, 1.54) is 25.4 Å². The molecule has 0 aromatic heterocycles. The van der Waals surface area contributed by atoms with Crippen molar-refractivity contribution in [1.82, 2.24) is 4.90 Å². The number of sulfone groups is 1. The lowest BCUT2D eigenvalue weighted by molar-refractivity contribution is -0.127. The average Bonchev–Trinajstić information content (AvgIpc) is 2.73. The maximum atomic E-state index is 13.4. The Morgan fingerprint density at radius 3 is 2.45 bits per heavy atom.